The predicted molar refractivity (Wildman–Crippen MR) is 54.8 cm³/mol. The lowest BCUT2D eigenvalue weighted by Crippen LogP contribution is -2.42. The van der Waals surface area contributed by atoms with Crippen molar-refractivity contribution >= 4 is 5.91 Å². The van der Waals surface area contributed by atoms with E-state index in [9.17, 15) is 4.79 Å². The van der Waals surface area contributed by atoms with E-state index in [-0.39, 0.29) is 11.3 Å². The minimum absolute atomic E-state index is 0.234. The molecule has 2 aliphatic heterocycles. The normalized spacial score (nSPS) is 26.8. The highest BCUT2D eigenvalue weighted by Crippen LogP contribution is 2.37. The highest BCUT2D eigenvalue weighted by Gasteiger charge is 2.40. The van der Waals surface area contributed by atoms with Crippen molar-refractivity contribution in [3.05, 3.63) is 0 Å². The molecule has 0 aromatic carbocycles. The average molecular weight is 197 g/mol. The zero-order chi connectivity index (χ0) is 10.0. The summed E-state index contributed by atoms with van der Waals surface area (Å²) >= 11 is 0. The largest absolute Gasteiger partial charge is 0.356 e. The molecule has 3 N–H and O–H groups in total. The molecule has 0 unspecified atom stereocenters. The van der Waals surface area contributed by atoms with Gasteiger partial charge in [0.05, 0.1) is 0 Å². The van der Waals surface area contributed by atoms with E-state index in [1.54, 1.807) is 0 Å². The van der Waals surface area contributed by atoms with E-state index in [2.05, 4.69) is 10.2 Å². The van der Waals surface area contributed by atoms with Gasteiger partial charge in [0.2, 0.25) is 5.91 Å². The maximum atomic E-state index is 11.2. The second kappa shape index (κ2) is 3.87. The van der Waals surface area contributed by atoms with E-state index >= 15 is 0 Å². The number of hydrogen-bond acceptors (Lipinski definition) is 3. The van der Waals surface area contributed by atoms with Crippen LogP contribution in [0.3, 0.4) is 0 Å². The fourth-order valence-corrected chi connectivity index (χ4v) is 2.54. The molecule has 0 bridgehead atoms. The summed E-state index contributed by atoms with van der Waals surface area (Å²) in [6.07, 6.45) is 3.03. The van der Waals surface area contributed by atoms with E-state index in [0.717, 1.165) is 52.0 Å². The number of hydrogen-bond donors (Lipinski definition) is 2. The molecule has 80 valence electrons. The summed E-state index contributed by atoms with van der Waals surface area (Å²) in [4.78, 5) is 13.6. The Morgan fingerprint density at radius 3 is 2.64 bits per heavy atom. The summed E-state index contributed by atoms with van der Waals surface area (Å²) < 4.78 is 0. The number of likely N-dealkylation sites (tertiary alicyclic amines) is 1. The Morgan fingerprint density at radius 1 is 1.43 bits per heavy atom. The molecule has 2 rings (SSSR count). The molecule has 0 atom stereocenters. The van der Waals surface area contributed by atoms with Crippen LogP contribution in [0.2, 0.25) is 0 Å². The Morgan fingerprint density at radius 2 is 2.14 bits per heavy atom. The van der Waals surface area contributed by atoms with Gasteiger partial charge in [-0.25, -0.2) is 0 Å². The molecule has 2 aliphatic rings. The summed E-state index contributed by atoms with van der Waals surface area (Å²) in [5.41, 5.74) is 5.80. The Labute approximate surface area is 84.8 Å². The zero-order valence-electron chi connectivity index (χ0n) is 8.59. The molecule has 2 saturated heterocycles. The number of piperidine rings is 1. The van der Waals surface area contributed by atoms with E-state index in [0.29, 0.717) is 0 Å². The molecule has 0 radical (unpaired) electrons. The Hall–Kier alpha value is -0.610. The van der Waals surface area contributed by atoms with Crippen molar-refractivity contribution in [2.24, 2.45) is 11.1 Å². The van der Waals surface area contributed by atoms with Crippen molar-refractivity contribution in [3.63, 3.8) is 0 Å². The second-order valence-electron chi connectivity index (χ2n) is 4.58. The van der Waals surface area contributed by atoms with Crippen LogP contribution < -0.4 is 11.1 Å². The Bertz CT molecular complexity index is 221. The summed E-state index contributed by atoms with van der Waals surface area (Å²) in [6, 6.07) is 0. The first-order chi connectivity index (χ1) is 6.74. The smallest absolute Gasteiger partial charge is 0.220 e. The van der Waals surface area contributed by atoms with Gasteiger partial charge in [0.15, 0.2) is 0 Å². The third-order valence-electron chi connectivity index (χ3n) is 3.56. The molecule has 14 heavy (non-hydrogen) atoms. The van der Waals surface area contributed by atoms with E-state index in [1.165, 1.54) is 0 Å². The minimum Gasteiger partial charge on any atom is -0.356 e. The van der Waals surface area contributed by atoms with Gasteiger partial charge in [-0.3, -0.25) is 4.79 Å². The third-order valence-corrected chi connectivity index (χ3v) is 3.56. The van der Waals surface area contributed by atoms with Crippen LogP contribution in [0.5, 0.6) is 0 Å². The molecule has 2 heterocycles. The van der Waals surface area contributed by atoms with Crippen LogP contribution in [0.15, 0.2) is 0 Å². The van der Waals surface area contributed by atoms with Gasteiger partial charge in [-0.05, 0) is 31.3 Å². The number of nitrogens with zero attached hydrogens (tertiary/aromatic N) is 1. The molecular formula is C10H19N3O. The van der Waals surface area contributed by atoms with Crippen LogP contribution in [-0.4, -0.2) is 43.5 Å². The predicted octanol–water partition coefficient (Wildman–Crippen LogP) is -0.453. The minimum atomic E-state index is 0.234. The fraction of sp³-hybridized carbons (Fsp3) is 0.900. The van der Waals surface area contributed by atoms with Crippen LogP contribution in [0, 0.1) is 5.41 Å². The molecule has 0 aromatic rings. The molecule has 1 spiro atoms. The molecule has 0 aliphatic carbocycles. The van der Waals surface area contributed by atoms with Crippen LogP contribution in [0.25, 0.3) is 0 Å². The van der Waals surface area contributed by atoms with Crippen molar-refractivity contribution in [3.8, 4) is 0 Å². The third kappa shape index (κ3) is 1.91. The van der Waals surface area contributed by atoms with Crippen LogP contribution in [-0.2, 0) is 4.79 Å². The van der Waals surface area contributed by atoms with Gasteiger partial charge in [0.1, 0.15) is 0 Å². The van der Waals surface area contributed by atoms with E-state index in [1.807, 2.05) is 0 Å². The standard InChI is InChI=1S/C10H19N3O/c11-3-6-13-4-1-10(2-5-13)7-9(14)12-8-10/h1-8,11H2,(H,12,14). The molecule has 0 saturated carbocycles. The summed E-state index contributed by atoms with van der Waals surface area (Å²) in [5.74, 6) is 0.234. The van der Waals surface area contributed by atoms with Crippen LogP contribution in [0.1, 0.15) is 19.3 Å². The molecule has 1 amide bonds. The van der Waals surface area contributed by atoms with Crippen molar-refractivity contribution in [1.29, 1.82) is 0 Å². The van der Waals surface area contributed by atoms with Gasteiger partial charge >= 0.3 is 0 Å². The first kappa shape index (κ1) is 9.93. The van der Waals surface area contributed by atoms with Gasteiger partial charge < -0.3 is 16.0 Å². The number of nitrogens with one attached hydrogen (secondary N) is 1. The highest BCUT2D eigenvalue weighted by molar-refractivity contribution is 5.79. The lowest BCUT2D eigenvalue weighted by atomic mass is 9.78. The maximum Gasteiger partial charge on any atom is 0.220 e. The fourth-order valence-electron chi connectivity index (χ4n) is 2.54. The Balaban J connectivity index is 1.86. The average Bonchev–Trinajstić information content (AvgIpc) is 2.53. The SMILES string of the molecule is NCCN1CCC2(CC1)CNC(=O)C2. The first-order valence-electron chi connectivity index (χ1n) is 5.43. The van der Waals surface area contributed by atoms with E-state index in [4.69, 9.17) is 5.73 Å². The molecule has 0 aromatic heterocycles. The second-order valence-corrected chi connectivity index (χ2v) is 4.58. The zero-order valence-corrected chi connectivity index (χ0v) is 8.59. The molecule has 2 fully saturated rings. The number of carbonyl (C=O) groups excluding carboxylic acids is 1. The maximum absolute atomic E-state index is 11.2. The van der Waals surface area contributed by atoms with Crippen molar-refractivity contribution in [1.82, 2.24) is 10.2 Å². The van der Waals surface area contributed by atoms with Gasteiger partial charge in [-0.2, -0.15) is 0 Å². The number of rotatable bonds is 2. The molecule has 4 nitrogen and oxygen atoms in total. The van der Waals surface area contributed by atoms with Crippen LogP contribution >= 0.6 is 0 Å². The number of carbonyl (C=O) groups is 1. The Kier molecular flexibility index (Phi) is 2.74. The van der Waals surface area contributed by atoms with Crippen molar-refractivity contribution < 1.29 is 4.79 Å². The van der Waals surface area contributed by atoms with Crippen molar-refractivity contribution in [2.75, 3.05) is 32.7 Å². The van der Waals surface area contributed by atoms with Crippen LogP contribution in [0.4, 0.5) is 0 Å². The summed E-state index contributed by atoms with van der Waals surface area (Å²) in [7, 11) is 0. The molecular weight excluding hydrogens is 178 g/mol. The summed E-state index contributed by atoms with van der Waals surface area (Å²) in [5, 5.41) is 2.94. The topological polar surface area (TPSA) is 58.4 Å². The van der Waals surface area contributed by atoms with Gasteiger partial charge in [0.25, 0.3) is 0 Å². The number of amides is 1. The van der Waals surface area contributed by atoms with Gasteiger partial charge in [-0.1, -0.05) is 0 Å². The summed E-state index contributed by atoms with van der Waals surface area (Å²) in [6.45, 7) is 4.84. The lowest BCUT2D eigenvalue weighted by molar-refractivity contribution is -0.119. The molecule has 4 heteroatoms. The monoisotopic (exact) mass is 197 g/mol. The lowest BCUT2D eigenvalue weighted by Gasteiger charge is -2.37. The van der Waals surface area contributed by atoms with Gasteiger partial charge in [0, 0.05) is 26.1 Å². The number of nitrogens with two attached hydrogens (primary N) is 1. The first-order valence-corrected chi connectivity index (χ1v) is 5.43. The van der Waals surface area contributed by atoms with Crippen molar-refractivity contribution in [2.45, 2.75) is 19.3 Å². The van der Waals surface area contributed by atoms with Gasteiger partial charge in [-0.15, -0.1) is 0 Å². The van der Waals surface area contributed by atoms with E-state index < -0.39 is 0 Å². The highest BCUT2D eigenvalue weighted by atomic mass is 16.1. The quantitative estimate of drug-likeness (QED) is 0.630.